The predicted molar refractivity (Wildman–Crippen MR) is 75.9 cm³/mol. The topological polar surface area (TPSA) is 58.6 Å². The maximum absolute atomic E-state index is 10.4. The second-order valence-electron chi connectivity index (χ2n) is 4.35. The van der Waals surface area contributed by atoms with Crippen molar-refractivity contribution in [1.82, 2.24) is 0 Å². The highest BCUT2D eigenvalue weighted by atomic mass is 16.5. The van der Waals surface area contributed by atoms with Gasteiger partial charge in [-0.15, -0.1) is 0 Å². The Labute approximate surface area is 112 Å². The average Bonchev–Trinajstić information content (AvgIpc) is 2.42. The van der Waals surface area contributed by atoms with Crippen LogP contribution in [0.15, 0.2) is 36.4 Å². The van der Waals surface area contributed by atoms with Crippen LogP contribution in [0.1, 0.15) is 12.8 Å². The van der Waals surface area contributed by atoms with E-state index in [0.29, 0.717) is 13.0 Å². The highest BCUT2D eigenvalue weighted by Crippen LogP contribution is 2.23. The standard InChI is InChI=1S/C15H17NO3/c1-19-14-7-5-11-9-13(6-4-12(11)10-14)16-8-2-3-15(17)18/h4-7,9-10,16H,2-3,8H2,1H3,(H,17,18). The van der Waals surface area contributed by atoms with Gasteiger partial charge in [-0.1, -0.05) is 12.1 Å². The highest BCUT2D eigenvalue weighted by Gasteiger charge is 2.00. The molecule has 0 atom stereocenters. The molecule has 19 heavy (non-hydrogen) atoms. The van der Waals surface area contributed by atoms with Crippen molar-refractivity contribution in [3.8, 4) is 5.75 Å². The van der Waals surface area contributed by atoms with Crippen LogP contribution in [0.25, 0.3) is 10.8 Å². The lowest BCUT2D eigenvalue weighted by molar-refractivity contribution is -0.137. The van der Waals surface area contributed by atoms with E-state index in [1.165, 1.54) is 0 Å². The summed E-state index contributed by atoms with van der Waals surface area (Å²) < 4.78 is 5.18. The molecule has 0 radical (unpaired) electrons. The van der Waals surface area contributed by atoms with Gasteiger partial charge in [-0.2, -0.15) is 0 Å². The van der Waals surface area contributed by atoms with Crippen molar-refractivity contribution in [2.24, 2.45) is 0 Å². The number of hydrogen-bond donors (Lipinski definition) is 2. The van der Waals surface area contributed by atoms with Crippen LogP contribution >= 0.6 is 0 Å². The number of carboxylic acids is 1. The van der Waals surface area contributed by atoms with E-state index < -0.39 is 5.97 Å². The maximum Gasteiger partial charge on any atom is 0.303 e. The highest BCUT2D eigenvalue weighted by molar-refractivity contribution is 5.86. The third-order valence-electron chi connectivity index (χ3n) is 2.94. The minimum Gasteiger partial charge on any atom is -0.497 e. The summed E-state index contributed by atoms with van der Waals surface area (Å²) in [6, 6.07) is 12.0. The summed E-state index contributed by atoms with van der Waals surface area (Å²) in [6.07, 6.45) is 0.813. The number of ether oxygens (including phenoxy) is 1. The number of aliphatic carboxylic acids is 1. The molecule has 0 saturated carbocycles. The first kappa shape index (κ1) is 13.2. The largest absolute Gasteiger partial charge is 0.497 e. The summed E-state index contributed by atoms with van der Waals surface area (Å²) in [4.78, 5) is 10.4. The molecule has 0 aromatic heterocycles. The quantitative estimate of drug-likeness (QED) is 0.782. The minimum absolute atomic E-state index is 0.192. The molecule has 0 aliphatic heterocycles. The van der Waals surface area contributed by atoms with Crippen LogP contribution in [0.2, 0.25) is 0 Å². The number of hydrogen-bond acceptors (Lipinski definition) is 3. The van der Waals surface area contributed by atoms with E-state index in [4.69, 9.17) is 9.84 Å². The van der Waals surface area contributed by atoms with Gasteiger partial charge in [0.25, 0.3) is 0 Å². The SMILES string of the molecule is COc1ccc2cc(NCCCC(=O)O)ccc2c1. The summed E-state index contributed by atoms with van der Waals surface area (Å²) in [5.41, 5.74) is 1.00. The van der Waals surface area contributed by atoms with Gasteiger partial charge in [-0.05, 0) is 41.5 Å². The number of nitrogens with one attached hydrogen (secondary N) is 1. The second-order valence-corrected chi connectivity index (χ2v) is 4.35. The van der Waals surface area contributed by atoms with Crippen molar-refractivity contribution in [2.45, 2.75) is 12.8 Å². The summed E-state index contributed by atoms with van der Waals surface area (Å²) in [7, 11) is 1.65. The Morgan fingerprint density at radius 3 is 2.68 bits per heavy atom. The minimum atomic E-state index is -0.757. The molecule has 4 heteroatoms. The fourth-order valence-electron chi connectivity index (χ4n) is 1.93. The number of methoxy groups -OCH3 is 1. The van der Waals surface area contributed by atoms with Crippen molar-refractivity contribution >= 4 is 22.4 Å². The fourth-order valence-corrected chi connectivity index (χ4v) is 1.93. The molecule has 0 heterocycles. The third-order valence-corrected chi connectivity index (χ3v) is 2.94. The van der Waals surface area contributed by atoms with Crippen molar-refractivity contribution in [1.29, 1.82) is 0 Å². The number of carbonyl (C=O) groups is 1. The average molecular weight is 259 g/mol. The zero-order valence-corrected chi connectivity index (χ0v) is 10.8. The third kappa shape index (κ3) is 3.61. The first-order chi connectivity index (χ1) is 9.19. The normalized spacial score (nSPS) is 10.4. The van der Waals surface area contributed by atoms with Gasteiger partial charge in [0, 0.05) is 18.7 Å². The lowest BCUT2D eigenvalue weighted by atomic mass is 10.1. The summed E-state index contributed by atoms with van der Waals surface area (Å²) in [5, 5.41) is 14.0. The molecule has 2 N–H and O–H groups in total. The molecule has 0 aliphatic rings. The van der Waals surface area contributed by atoms with Gasteiger partial charge in [-0.25, -0.2) is 0 Å². The van der Waals surface area contributed by atoms with E-state index in [-0.39, 0.29) is 6.42 Å². The first-order valence-corrected chi connectivity index (χ1v) is 6.22. The van der Waals surface area contributed by atoms with Crippen LogP contribution in [0.4, 0.5) is 5.69 Å². The molecular weight excluding hydrogens is 242 g/mol. The number of rotatable bonds is 6. The van der Waals surface area contributed by atoms with Crippen LogP contribution in [0.3, 0.4) is 0 Å². The molecule has 4 nitrogen and oxygen atoms in total. The summed E-state index contributed by atoms with van der Waals surface area (Å²) in [5.74, 6) is 0.0853. The lowest BCUT2D eigenvalue weighted by Gasteiger charge is -2.08. The lowest BCUT2D eigenvalue weighted by Crippen LogP contribution is -2.04. The summed E-state index contributed by atoms with van der Waals surface area (Å²) in [6.45, 7) is 0.661. The number of benzene rings is 2. The van der Waals surface area contributed by atoms with Crippen LogP contribution < -0.4 is 10.1 Å². The van der Waals surface area contributed by atoms with Crippen LogP contribution in [0.5, 0.6) is 5.75 Å². The molecule has 0 bridgehead atoms. The van der Waals surface area contributed by atoms with Crippen LogP contribution in [-0.2, 0) is 4.79 Å². The molecule has 100 valence electrons. The van der Waals surface area contributed by atoms with E-state index in [1.807, 2.05) is 30.3 Å². The Kier molecular flexibility index (Phi) is 4.23. The number of fused-ring (bicyclic) bond motifs is 1. The Morgan fingerprint density at radius 2 is 1.95 bits per heavy atom. The zero-order valence-electron chi connectivity index (χ0n) is 10.8. The van der Waals surface area contributed by atoms with Crippen molar-refractivity contribution < 1.29 is 14.6 Å². The van der Waals surface area contributed by atoms with Gasteiger partial charge in [0.2, 0.25) is 0 Å². The molecule has 0 spiro atoms. The maximum atomic E-state index is 10.4. The molecule has 0 saturated heterocycles. The van der Waals surface area contributed by atoms with Crippen molar-refractivity contribution in [3.63, 3.8) is 0 Å². The van der Waals surface area contributed by atoms with E-state index in [1.54, 1.807) is 7.11 Å². The second kappa shape index (κ2) is 6.09. The molecule has 0 fully saturated rings. The molecule has 2 rings (SSSR count). The van der Waals surface area contributed by atoms with Crippen LogP contribution in [-0.4, -0.2) is 24.7 Å². The van der Waals surface area contributed by atoms with E-state index in [2.05, 4.69) is 11.4 Å². The van der Waals surface area contributed by atoms with Gasteiger partial charge in [-0.3, -0.25) is 4.79 Å². The molecule has 2 aromatic carbocycles. The monoisotopic (exact) mass is 259 g/mol. The fraction of sp³-hybridized carbons (Fsp3) is 0.267. The van der Waals surface area contributed by atoms with Gasteiger partial charge < -0.3 is 15.2 Å². The van der Waals surface area contributed by atoms with Crippen LogP contribution in [0, 0.1) is 0 Å². The predicted octanol–water partition coefficient (Wildman–Crippen LogP) is 3.13. The Morgan fingerprint density at radius 1 is 1.21 bits per heavy atom. The first-order valence-electron chi connectivity index (χ1n) is 6.22. The Balaban J connectivity index is 2.03. The molecule has 0 amide bonds. The van der Waals surface area contributed by atoms with E-state index >= 15 is 0 Å². The molecule has 0 unspecified atom stereocenters. The zero-order chi connectivity index (χ0) is 13.7. The van der Waals surface area contributed by atoms with Gasteiger partial charge in [0.1, 0.15) is 5.75 Å². The van der Waals surface area contributed by atoms with E-state index in [9.17, 15) is 4.79 Å². The van der Waals surface area contributed by atoms with Crippen molar-refractivity contribution in [2.75, 3.05) is 19.0 Å². The molecular formula is C15H17NO3. The van der Waals surface area contributed by atoms with Gasteiger partial charge >= 0.3 is 5.97 Å². The Bertz CT molecular complexity index is 581. The Hall–Kier alpha value is -2.23. The molecule has 2 aromatic rings. The number of carboxylic acid groups (broad SMARTS) is 1. The van der Waals surface area contributed by atoms with Gasteiger partial charge in [0.05, 0.1) is 7.11 Å². The summed E-state index contributed by atoms with van der Waals surface area (Å²) >= 11 is 0. The van der Waals surface area contributed by atoms with Crippen molar-refractivity contribution in [3.05, 3.63) is 36.4 Å². The van der Waals surface area contributed by atoms with E-state index in [0.717, 1.165) is 22.2 Å². The smallest absolute Gasteiger partial charge is 0.303 e. The number of anilines is 1. The van der Waals surface area contributed by atoms with Gasteiger partial charge in [0.15, 0.2) is 0 Å². The molecule has 0 aliphatic carbocycles.